The van der Waals surface area contributed by atoms with E-state index in [2.05, 4.69) is 5.10 Å². The second-order valence-electron chi connectivity index (χ2n) is 6.48. The molecule has 0 spiro atoms. The lowest BCUT2D eigenvalue weighted by Gasteiger charge is -2.33. The second-order valence-corrected chi connectivity index (χ2v) is 6.48. The Hall–Kier alpha value is -3.19. The summed E-state index contributed by atoms with van der Waals surface area (Å²) in [6, 6.07) is 17.4. The van der Waals surface area contributed by atoms with E-state index in [4.69, 9.17) is 5.73 Å². The third kappa shape index (κ3) is 2.84. The van der Waals surface area contributed by atoms with Crippen molar-refractivity contribution in [2.45, 2.75) is 11.7 Å². The van der Waals surface area contributed by atoms with Gasteiger partial charge in [-0.15, -0.1) is 0 Å². The summed E-state index contributed by atoms with van der Waals surface area (Å²) in [6.07, 6.45) is -3.24. The van der Waals surface area contributed by atoms with Gasteiger partial charge in [-0.2, -0.15) is 18.3 Å². The van der Waals surface area contributed by atoms with E-state index in [0.29, 0.717) is 16.6 Å². The molecule has 28 heavy (non-hydrogen) atoms. The molecule has 1 atom stereocenters. The zero-order valence-corrected chi connectivity index (χ0v) is 14.5. The Morgan fingerprint density at radius 2 is 1.50 bits per heavy atom. The van der Waals surface area contributed by atoms with Gasteiger partial charge in [0.2, 0.25) is 0 Å². The third-order valence-electron chi connectivity index (χ3n) is 4.77. The lowest BCUT2D eigenvalue weighted by atomic mass is 9.82. The SMILES string of the molecule is NC(c1ccccc1)(c1ccc2c(cnn2-c2ccc(F)cc2)c1)C(F)(F)F. The summed E-state index contributed by atoms with van der Waals surface area (Å²) in [5.74, 6) is -0.386. The van der Waals surface area contributed by atoms with Crippen LogP contribution in [-0.2, 0) is 5.54 Å². The molecule has 0 amide bonds. The quantitative estimate of drug-likeness (QED) is 0.508. The van der Waals surface area contributed by atoms with Crippen molar-refractivity contribution in [1.82, 2.24) is 9.78 Å². The average molecular weight is 385 g/mol. The molecule has 1 unspecified atom stereocenters. The normalized spacial score (nSPS) is 14.2. The fourth-order valence-electron chi connectivity index (χ4n) is 3.26. The van der Waals surface area contributed by atoms with Gasteiger partial charge in [0.25, 0.3) is 0 Å². The molecule has 3 nitrogen and oxygen atoms in total. The van der Waals surface area contributed by atoms with Gasteiger partial charge in [0.15, 0.2) is 5.54 Å². The first-order valence-corrected chi connectivity index (χ1v) is 8.46. The summed E-state index contributed by atoms with van der Waals surface area (Å²) in [7, 11) is 0. The molecule has 4 rings (SSSR count). The van der Waals surface area contributed by atoms with Crippen molar-refractivity contribution in [2.75, 3.05) is 0 Å². The van der Waals surface area contributed by atoms with Crippen LogP contribution in [-0.4, -0.2) is 16.0 Å². The van der Waals surface area contributed by atoms with Crippen molar-refractivity contribution in [2.24, 2.45) is 5.73 Å². The van der Waals surface area contributed by atoms with Gasteiger partial charge >= 0.3 is 6.18 Å². The van der Waals surface area contributed by atoms with Crippen LogP contribution in [0.15, 0.2) is 79.0 Å². The van der Waals surface area contributed by atoms with E-state index >= 15 is 0 Å². The number of halogens is 4. The predicted molar refractivity (Wildman–Crippen MR) is 98.5 cm³/mol. The first-order chi connectivity index (χ1) is 13.3. The summed E-state index contributed by atoms with van der Waals surface area (Å²) >= 11 is 0. The molecule has 2 N–H and O–H groups in total. The van der Waals surface area contributed by atoms with E-state index in [0.717, 1.165) is 0 Å². The number of hydrogen-bond donors (Lipinski definition) is 1. The first-order valence-electron chi connectivity index (χ1n) is 8.46. The Balaban J connectivity index is 1.86. The molecular weight excluding hydrogens is 370 g/mol. The summed E-state index contributed by atoms with van der Waals surface area (Å²) in [5, 5.41) is 4.72. The van der Waals surface area contributed by atoms with Crippen LogP contribution >= 0.6 is 0 Å². The van der Waals surface area contributed by atoms with Crippen molar-refractivity contribution >= 4 is 10.9 Å². The second kappa shape index (κ2) is 6.45. The molecule has 0 saturated heterocycles. The molecule has 3 aromatic carbocycles. The van der Waals surface area contributed by atoms with Crippen LogP contribution < -0.4 is 5.73 Å². The number of aromatic nitrogens is 2. The zero-order valence-electron chi connectivity index (χ0n) is 14.5. The Kier molecular flexibility index (Phi) is 4.19. The molecule has 0 aliphatic carbocycles. The summed E-state index contributed by atoms with van der Waals surface area (Å²) in [6.45, 7) is 0. The van der Waals surface area contributed by atoms with E-state index in [1.54, 1.807) is 18.2 Å². The summed E-state index contributed by atoms with van der Waals surface area (Å²) in [4.78, 5) is 0. The monoisotopic (exact) mass is 385 g/mol. The van der Waals surface area contributed by atoms with Gasteiger partial charge in [0.1, 0.15) is 5.82 Å². The highest BCUT2D eigenvalue weighted by atomic mass is 19.4. The number of fused-ring (bicyclic) bond motifs is 1. The maximum Gasteiger partial charge on any atom is 0.414 e. The van der Waals surface area contributed by atoms with Crippen LogP contribution in [0.4, 0.5) is 17.6 Å². The highest BCUT2D eigenvalue weighted by Crippen LogP contribution is 2.42. The van der Waals surface area contributed by atoms with Gasteiger partial charge in [-0.25, -0.2) is 9.07 Å². The van der Waals surface area contributed by atoms with Crippen molar-refractivity contribution in [3.8, 4) is 5.69 Å². The minimum absolute atomic E-state index is 0.0484. The lowest BCUT2D eigenvalue weighted by Crippen LogP contribution is -2.51. The molecule has 0 radical (unpaired) electrons. The van der Waals surface area contributed by atoms with E-state index in [1.165, 1.54) is 65.5 Å². The molecule has 0 aliphatic rings. The van der Waals surface area contributed by atoms with Crippen molar-refractivity contribution < 1.29 is 17.6 Å². The Morgan fingerprint density at radius 1 is 0.821 bits per heavy atom. The van der Waals surface area contributed by atoms with Gasteiger partial charge in [-0.05, 0) is 47.5 Å². The molecule has 0 fully saturated rings. The van der Waals surface area contributed by atoms with Crippen LogP contribution in [0.25, 0.3) is 16.6 Å². The van der Waals surface area contributed by atoms with Crippen LogP contribution in [0.5, 0.6) is 0 Å². The fraction of sp³-hybridized carbons (Fsp3) is 0.0952. The molecule has 1 heterocycles. The van der Waals surface area contributed by atoms with Crippen molar-refractivity contribution in [3.05, 3.63) is 95.9 Å². The van der Waals surface area contributed by atoms with Gasteiger partial charge in [0.05, 0.1) is 17.4 Å². The Labute approximate surface area is 158 Å². The van der Waals surface area contributed by atoms with E-state index in [-0.39, 0.29) is 16.9 Å². The standard InChI is InChI=1S/C21H15F4N3/c22-17-7-9-18(10-8-17)28-19-11-6-16(12-14(19)13-27-28)20(26,21(23,24)25)15-4-2-1-3-5-15/h1-13H,26H2. The lowest BCUT2D eigenvalue weighted by molar-refractivity contribution is -0.176. The van der Waals surface area contributed by atoms with Crippen LogP contribution in [0.2, 0.25) is 0 Å². The molecule has 4 aromatic rings. The highest BCUT2D eigenvalue weighted by Gasteiger charge is 2.54. The van der Waals surface area contributed by atoms with Gasteiger partial charge < -0.3 is 5.73 Å². The molecule has 142 valence electrons. The first kappa shape index (κ1) is 18.2. The minimum Gasteiger partial charge on any atom is -0.310 e. The van der Waals surface area contributed by atoms with Crippen LogP contribution in [0, 0.1) is 5.82 Å². The number of alkyl halides is 3. The van der Waals surface area contributed by atoms with Gasteiger partial charge in [0, 0.05) is 5.39 Å². The molecule has 0 aliphatic heterocycles. The van der Waals surface area contributed by atoms with Crippen molar-refractivity contribution in [1.29, 1.82) is 0 Å². The maximum atomic E-state index is 14.0. The number of benzene rings is 3. The predicted octanol–water partition coefficient (Wildman–Crippen LogP) is 4.93. The molecule has 1 aromatic heterocycles. The molecule has 0 saturated carbocycles. The van der Waals surface area contributed by atoms with E-state index in [1.807, 2.05) is 0 Å². The largest absolute Gasteiger partial charge is 0.414 e. The van der Waals surface area contributed by atoms with Gasteiger partial charge in [-0.3, -0.25) is 0 Å². The molecular formula is C21H15F4N3. The summed E-state index contributed by atoms with van der Waals surface area (Å²) in [5.41, 5.74) is 4.35. The highest BCUT2D eigenvalue weighted by molar-refractivity contribution is 5.81. The third-order valence-corrected chi connectivity index (χ3v) is 4.77. The van der Waals surface area contributed by atoms with Gasteiger partial charge in [-0.1, -0.05) is 36.4 Å². The van der Waals surface area contributed by atoms with E-state index in [9.17, 15) is 17.6 Å². The van der Waals surface area contributed by atoms with Crippen LogP contribution in [0.3, 0.4) is 0 Å². The van der Waals surface area contributed by atoms with Crippen molar-refractivity contribution in [3.63, 3.8) is 0 Å². The minimum atomic E-state index is -4.70. The number of hydrogen-bond acceptors (Lipinski definition) is 2. The Bertz CT molecular complexity index is 1120. The number of nitrogens with two attached hydrogens (primary N) is 1. The zero-order chi connectivity index (χ0) is 19.9. The maximum absolute atomic E-state index is 14.0. The summed E-state index contributed by atoms with van der Waals surface area (Å²) < 4.78 is 56.7. The Morgan fingerprint density at radius 3 is 2.14 bits per heavy atom. The average Bonchev–Trinajstić information content (AvgIpc) is 3.11. The van der Waals surface area contributed by atoms with E-state index < -0.39 is 11.7 Å². The fourth-order valence-corrected chi connectivity index (χ4v) is 3.26. The molecule has 7 heteroatoms. The van der Waals surface area contributed by atoms with Crippen LogP contribution in [0.1, 0.15) is 11.1 Å². The molecule has 0 bridgehead atoms. The topological polar surface area (TPSA) is 43.8 Å². The number of nitrogens with zero attached hydrogens (tertiary/aromatic N) is 2. The smallest absolute Gasteiger partial charge is 0.310 e. The number of rotatable bonds is 3.